The molecular formula is C42H58N6O8. The van der Waals surface area contributed by atoms with Crippen molar-refractivity contribution in [2.45, 2.75) is 110 Å². The number of hydrogen-bond donors (Lipinski definition) is 5. The molecule has 1 saturated carbocycles. The molecule has 5 atom stereocenters. The van der Waals surface area contributed by atoms with Crippen LogP contribution in [0.5, 0.6) is 0 Å². The molecule has 14 nitrogen and oxygen atoms in total. The van der Waals surface area contributed by atoms with Crippen molar-refractivity contribution in [1.82, 2.24) is 26.2 Å². The molecule has 1 aliphatic carbocycles. The zero-order valence-electron chi connectivity index (χ0n) is 33.0. The third kappa shape index (κ3) is 12.4. The fourth-order valence-corrected chi connectivity index (χ4v) is 7.69. The van der Waals surface area contributed by atoms with E-state index in [1.54, 1.807) is 37.3 Å². The Bertz CT molecular complexity index is 1680. The van der Waals surface area contributed by atoms with Gasteiger partial charge in [-0.25, -0.2) is 4.79 Å². The van der Waals surface area contributed by atoms with Crippen LogP contribution < -0.4 is 27.0 Å². The van der Waals surface area contributed by atoms with Gasteiger partial charge in [0.15, 0.2) is 0 Å². The Morgan fingerprint density at radius 2 is 1.54 bits per heavy atom. The summed E-state index contributed by atoms with van der Waals surface area (Å²) in [6, 6.07) is 13.8. The maximum atomic E-state index is 14.7. The summed E-state index contributed by atoms with van der Waals surface area (Å²) in [7, 11) is 0. The van der Waals surface area contributed by atoms with Crippen molar-refractivity contribution in [1.29, 1.82) is 0 Å². The van der Waals surface area contributed by atoms with Gasteiger partial charge in [0.25, 0.3) is 5.91 Å². The molecule has 1 aliphatic heterocycles. The fraction of sp³-hybridized carbons (Fsp3) is 0.548. The minimum Gasteiger partial charge on any atom is -0.449 e. The van der Waals surface area contributed by atoms with Crippen LogP contribution in [0.15, 0.2) is 60.7 Å². The maximum absolute atomic E-state index is 14.7. The van der Waals surface area contributed by atoms with E-state index in [4.69, 9.17) is 10.5 Å². The molecule has 6 N–H and O–H groups in total. The van der Waals surface area contributed by atoms with Crippen molar-refractivity contribution in [2.24, 2.45) is 23.0 Å². The molecule has 0 spiro atoms. The van der Waals surface area contributed by atoms with Gasteiger partial charge in [0.2, 0.25) is 29.4 Å². The Morgan fingerprint density at radius 3 is 2.14 bits per heavy atom. The van der Waals surface area contributed by atoms with Gasteiger partial charge in [-0.15, -0.1) is 0 Å². The molecule has 1 saturated heterocycles. The second kappa shape index (κ2) is 20.6. The van der Waals surface area contributed by atoms with E-state index in [1.807, 2.05) is 51.1 Å². The smallest absolute Gasteiger partial charge is 0.407 e. The van der Waals surface area contributed by atoms with Gasteiger partial charge in [-0.2, -0.15) is 0 Å². The first-order valence-electron chi connectivity index (χ1n) is 19.7. The number of benzene rings is 2. The van der Waals surface area contributed by atoms with E-state index in [0.29, 0.717) is 18.4 Å². The SMILES string of the molecule is CCCC(NC(=O)C1CC(C)(Cc2ccccc2)CN1C(=O)C(NC(=O)OCC(C)C)C1CCCCC1)C(=O)C(=O)NCC(=O)NC(C(N)=O)c1ccccc1. The zero-order valence-corrected chi connectivity index (χ0v) is 33.0. The van der Waals surface area contributed by atoms with Crippen molar-refractivity contribution in [3.05, 3.63) is 71.8 Å². The molecule has 0 radical (unpaired) electrons. The Morgan fingerprint density at radius 1 is 0.893 bits per heavy atom. The Kier molecular flexibility index (Phi) is 16.0. The number of Topliss-reactive ketones (excluding diaryl/α,β-unsaturated/α-hetero) is 1. The largest absolute Gasteiger partial charge is 0.449 e. The maximum Gasteiger partial charge on any atom is 0.407 e. The second-order valence-corrected chi connectivity index (χ2v) is 15.9. The molecule has 56 heavy (non-hydrogen) atoms. The first kappa shape index (κ1) is 43.5. The minimum absolute atomic E-state index is 0.0989. The number of ether oxygens (including phenoxy) is 1. The molecule has 2 aromatic rings. The number of hydrogen-bond acceptors (Lipinski definition) is 8. The fourth-order valence-electron chi connectivity index (χ4n) is 7.69. The molecule has 14 heteroatoms. The highest BCUT2D eigenvalue weighted by molar-refractivity contribution is 6.38. The number of nitrogens with two attached hydrogens (primary N) is 1. The van der Waals surface area contributed by atoms with Crippen LogP contribution in [-0.2, 0) is 39.9 Å². The van der Waals surface area contributed by atoms with Crippen LogP contribution in [0, 0.1) is 17.3 Å². The predicted molar refractivity (Wildman–Crippen MR) is 209 cm³/mol. The van der Waals surface area contributed by atoms with E-state index in [2.05, 4.69) is 21.3 Å². The van der Waals surface area contributed by atoms with Gasteiger partial charge in [-0.05, 0) is 60.5 Å². The van der Waals surface area contributed by atoms with Crippen LogP contribution in [0.4, 0.5) is 4.79 Å². The van der Waals surface area contributed by atoms with Crippen molar-refractivity contribution in [3.63, 3.8) is 0 Å². The van der Waals surface area contributed by atoms with Crippen LogP contribution in [0.25, 0.3) is 0 Å². The molecule has 4 rings (SSSR count). The van der Waals surface area contributed by atoms with Gasteiger partial charge in [-0.1, -0.05) is 114 Å². The van der Waals surface area contributed by atoms with Gasteiger partial charge in [-0.3, -0.25) is 28.8 Å². The number of alkyl carbamates (subject to hydrolysis) is 1. The molecular weight excluding hydrogens is 716 g/mol. The summed E-state index contributed by atoms with van der Waals surface area (Å²) in [5, 5.41) is 10.4. The number of likely N-dealkylation sites (tertiary alicyclic amines) is 1. The monoisotopic (exact) mass is 774 g/mol. The van der Waals surface area contributed by atoms with Crippen LogP contribution in [0.2, 0.25) is 0 Å². The molecule has 2 aliphatic rings. The summed E-state index contributed by atoms with van der Waals surface area (Å²) < 4.78 is 5.42. The Balaban J connectivity index is 1.52. The van der Waals surface area contributed by atoms with Crippen LogP contribution in [0.1, 0.15) is 96.2 Å². The Hall–Kier alpha value is -5.27. The van der Waals surface area contributed by atoms with E-state index in [-0.39, 0.29) is 43.7 Å². The number of amides is 6. The highest BCUT2D eigenvalue weighted by Gasteiger charge is 2.49. The molecule has 304 valence electrons. The molecule has 6 amide bonds. The lowest BCUT2D eigenvalue weighted by molar-refractivity contribution is -0.143. The van der Waals surface area contributed by atoms with Gasteiger partial charge in [0.05, 0.1) is 19.2 Å². The second-order valence-electron chi connectivity index (χ2n) is 15.9. The summed E-state index contributed by atoms with van der Waals surface area (Å²) in [5.74, 6) is -4.63. The summed E-state index contributed by atoms with van der Waals surface area (Å²) in [4.78, 5) is 94.8. The number of nitrogens with one attached hydrogen (secondary N) is 4. The summed E-state index contributed by atoms with van der Waals surface area (Å²) in [6.45, 7) is 7.45. The minimum atomic E-state index is -1.24. The third-order valence-electron chi connectivity index (χ3n) is 10.4. The summed E-state index contributed by atoms with van der Waals surface area (Å²) in [5.41, 5.74) is 6.44. The average molecular weight is 775 g/mol. The van der Waals surface area contributed by atoms with E-state index in [9.17, 15) is 33.6 Å². The molecule has 0 bridgehead atoms. The van der Waals surface area contributed by atoms with E-state index >= 15 is 0 Å². The van der Waals surface area contributed by atoms with Gasteiger partial charge in [0, 0.05) is 6.54 Å². The Labute approximate surface area is 329 Å². The van der Waals surface area contributed by atoms with Gasteiger partial charge in [0.1, 0.15) is 18.1 Å². The number of carbonyl (C=O) groups excluding carboxylic acids is 7. The normalized spacial score (nSPS) is 19.9. The third-order valence-corrected chi connectivity index (χ3v) is 10.4. The molecule has 2 aromatic carbocycles. The molecule has 2 fully saturated rings. The first-order valence-corrected chi connectivity index (χ1v) is 19.7. The van der Waals surface area contributed by atoms with Crippen molar-refractivity contribution < 1.29 is 38.3 Å². The quantitative estimate of drug-likeness (QED) is 0.142. The van der Waals surface area contributed by atoms with E-state index in [1.165, 1.54) is 4.90 Å². The molecule has 5 unspecified atom stereocenters. The predicted octanol–water partition coefficient (Wildman–Crippen LogP) is 3.48. The lowest BCUT2D eigenvalue weighted by atomic mass is 9.81. The summed E-state index contributed by atoms with van der Waals surface area (Å²) >= 11 is 0. The lowest BCUT2D eigenvalue weighted by Gasteiger charge is -2.35. The van der Waals surface area contributed by atoms with Crippen molar-refractivity contribution in [2.75, 3.05) is 19.7 Å². The summed E-state index contributed by atoms with van der Waals surface area (Å²) in [6.07, 6.45) is 5.06. The number of rotatable bonds is 18. The standard InChI is InChI=1S/C42H58N6O8/c1-5-15-31(36(50)39(53)44-24-33(49)46-34(37(43)51)29-18-11-7-12-19-29)45-38(52)32-23-42(4,22-28-16-9-6-10-17-28)26-48(32)40(54)35(30-20-13-8-14-21-30)47-41(55)56-25-27(2)3/h6-7,9-12,16-19,27,30-32,34-35H,5,8,13-15,20-26H2,1-4H3,(H2,43,51)(H,44,53)(H,45,52)(H,46,49)(H,47,55). The number of ketones is 1. The topological polar surface area (TPSA) is 206 Å². The molecule has 1 heterocycles. The number of primary amides is 1. The van der Waals surface area contributed by atoms with Gasteiger partial charge >= 0.3 is 6.09 Å². The number of nitrogens with zero attached hydrogens (tertiary/aromatic N) is 1. The van der Waals surface area contributed by atoms with Crippen LogP contribution in [-0.4, -0.2) is 84.1 Å². The molecule has 0 aromatic heterocycles. The average Bonchev–Trinajstić information content (AvgIpc) is 3.54. The highest BCUT2D eigenvalue weighted by atomic mass is 16.5. The highest BCUT2D eigenvalue weighted by Crippen LogP contribution is 2.39. The number of carbonyl (C=O) groups is 7. The lowest BCUT2D eigenvalue weighted by Crippen LogP contribution is -2.58. The van der Waals surface area contributed by atoms with Crippen molar-refractivity contribution in [3.8, 4) is 0 Å². The van der Waals surface area contributed by atoms with Crippen LogP contribution >= 0.6 is 0 Å². The zero-order chi connectivity index (χ0) is 40.8. The van der Waals surface area contributed by atoms with E-state index < -0.39 is 71.6 Å². The van der Waals surface area contributed by atoms with Crippen molar-refractivity contribution >= 4 is 41.4 Å². The van der Waals surface area contributed by atoms with Gasteiger partial charge < -0.3 is 36.6 Å². The van der Waals surface area contributed by atoms with Crippen LogP contribution in [0.3, 0.4) is 0 Å². The first-order chi connectivity index (χ1) is 26.7. The van der Waals surface area contributed by atoms with E-state index in [0.717, 1.165) is 37.7 Å².